The zero-order valence-corrected chi connectivity index (χ0v) is 19.0. The maximum absolute atomic E-state index is 12.9. The van der Waals surface area contributed by atoms with Crippen molar-refractivity contribution in [1.29, 1.82) is 0 Å². The van der Waals surface area contributed by atoms with Gasteiger partial charge in [-0.1, -0.05) is 0 Å². The van der Waals surface area contributed by atoms with E-state index in [9.17, 15) is 27.4 Å². The third-order valence-corrected chi connectivity index (χ3v) is 6.39. The summed E-state index contributed by atoms with van der Waals surface area (Å²) in [7, 11) is -4.61. The van der Waals surface area contributed by atoms with Gasteiger partial charge in [0.1, 0.15) is 23.0 Å². The van der Waals surface area contributed by atoms with Crippen LogP contribution < -0.4 is 14.2 Å². The Labute approximate surface area is 198 Å². The van der Waals surface area contributed by atoms with Crippen LogP contribution in [0.4, 0.5) is 0 Å². The first-order chi connectivity index (χ1) is 16.5. The lowest BCUT2D eigenvalue weighted by molar-refractivity contribution is -0.132. The normalized spacial score (nSPS) is 14.8. The van der Waals surface area contributed by atoms with Gasteiger partial charge in [0.15, 0.2) is 5.60 Å². The molecule has 1 spiro atoms. The quantitative estimate of drug-likeness (QED) is 0.326. The van der Waals surface area contributed by atoms with Crippen LogP contribution in [0.25, 0.3) is 0 Å². The summed E-state index contributed by atoms with van der Waals surface area (Å²) in [4.78, 5) is 35.4. The Balaban J connectivity index is 1.81. The summed E-state index contributed by atoms with van der Waals surface area (Å²) < 4.78 is 55.6. The second-order valence-corrected chi connectivity index (χ2v) is 9.28. The molecule has 3 aromatic rings. The molecule has 0 saturated heterocycles. The SMILES string of the molecule is CC(=O)Oc1ccc2c(c1)Oc1cc(OC(C)=O)ccc1C21OC(=O)c2ccc(S(=O)(=O)O)cc21. The maximum atomic E-state index is 12.9. The molecule has 10 nitrogen and oxygen atoms in total. The molecule has 2 heterocycles. The second-order valence-electron chi connectivity index (χ2n) is 7.86. The number of ether oxygens (including phenoxy) is 4. The van der Waals surface area contributed by atoms with Crippen LogP contribution >= 0.6 is 0 Å². The van der Waals surface area contributed by atoms with Gasteiger partial charge in [0.2, 0.25) is 0 Å². The zero-order chi connectivity index (χ0) is 25.1. The van der Waals surface area contributed by atoms with E-state index in [1.165, 1.54) is 56.3 Å². The molecule has 35 heavy (non-hydrogen) atoms. The molecule has 178 valence electrons. The van der Waals surface area contributed by atoms with Crippen molar-refractivity contribution in [1.82, 2.24) is 0 Å². The van der Waals surface area contributed by atoms with Crippen molar-refractivity contribution in [3.8, 4) is 23.0 Å². The van der Waals surface area contributed by atoms with Gasteiger partial charge in [-0.05, 0) is 42.5 Å². The maximum Gasteiger partial charge on any atom is 0.340 e. The molecule has 2 aliphatic heterocycles. The van der Waals surface area contributed by atoms with E-state index in [0.29, 0.717) is 11.1 Å². The highest BCUT2D eigenvalue weighted by Gasteiger charge is 2.54. The van der Waals surface area contributed by atoms with E-state index in [-0.39, 0.29) is 34.1 Å². The molecule has 5 rings (SSSR count). The van der Waals surface area contributed by atoms with Gasteiger partial charge in [0, 0.05) is 42.7 Å². The smallest absolute Gasteiger partial charge is 0.340 e. The molecule has 0 unspecified atom stereocenters. The minimum Gasteiger partial charge on any atom is -0.456 e. The number of hydrogen-bond donors (Lipinski definition) is 1. The number of hydrogen-bond acceptors (Lipinski definition) is 9. The highest BCUT2D eigenvalue weighted by atomic mass is 32.2. The summed E-state index contributed by atoms with van der Waals surface area (Å²) in [6.45, 7) is 2.46. The molecule has 0 atom stereocenters. The highest BCUT2D eigenvalue weighted by Crippen LogP contribution is 2.57. The number of carbonyl (C=O) groups is 3. The number of carbonyl (C=O) groups excluding carboxylic acids is 3. The van der Waals surface area contributed by atoms with E-state index in [1.807, 2.05) is 0 Å². The topological polar surface area (TPSA) is 142 Å². The molecule has 0 aromatic heterocycles. The van der Waals surface area contributed by atoms with E-state index in [1.54, 1.807) is 0 Å². The lowest BCUT2D eigenvalue weighted by Crippen LogP contribution is -2.33. The molecule has 3 aromatic carbocycles. The summed E-state index contributed by atoms with van der Waals surface area (Å²) in [6, 6.07) is 12.3. The van der Waals surface area contributed by atoms with Crippen LogP contribution in [0.15, 0.2) is 59.5 Å². The fourth-order valence-electron chi connectivity index (χ4n) is 4.28. The predicted molar refractivity (Wildman–Crippen MR) is 117 cm³/mol. The van der Waals surface area contributed by atoms with Crippen LogP contribution in [0, 0.1) is 0 Å². The minimum atomic E-state index is -4.61. The van der Waals surface area contributed by atoms with Crippen molar-refractivity contribution >= 4 is 28.0 Å². The van der Waals surface area contributed by atoms with Gasteiger partial charge in [-0.15, -0.1) is 0 Å². The molecule has 0 radical (unpaired) electrons. The van der Waals surface area contributed by atoms with Crippen molar-refractivity contribution in [2.45, 2.75) is 24.3 Å². The van der Waals surface area contributed by atoms with Crippen LogP contribution in [-0.4, -0.2) is 30.9 Å². The van der Waals surface area contributed by atoms with Crippen molar-refractivity contribution < 1.29 is 46.3 Å². The largest absolute Gasteiger partial charge is 0.456 e. The lowest BCUT2D eigenvalue weighted by atomic mass is 9.77. The van der Waals surface area contributed by atoms with Crippen LogP contribution in [-0.2, 0) is 30.0 Å². The molecule has 0 fully saturated rings. The fraction of sp³-hybridized carbons (Fsp3) is 0.125. The highest BCUT2D eigenvalue weighted by molar-refractivity contribution is 7.85. The first kappa shape index (κ1) is 22.6. The van der Waals surface area contributed by atoms with Crippen LogP contribution in [0.2, 0.25) is 0 Å². The molecule has 11 heteroatoms. The van der Waals surface area contributed by atoms with E-state index >= 15 is 0 Å². The summed E-state index contributed by atoms with van der Waals surface area (Å²) in [5.74, 6) is -1.26. The Bertz CT molecular complexity index is 1490. The average molecular weight is 496 g/mol. The third-order valence-electron chi connectivity index (χ3n) is 5.54. The summed E-state index contributed by atoms with van der Waals surface area (Å²) >= 11 is 0. The van der Waals surface area contributed by atoms with Gasteiger partial charge in [0.05, 0.1) is 10.5 Å². The van der Waals surface area contributed by atoms with E-state index < -0.39 is 38.5 Å². The van der Waals surface area contributed by atoms with Gasteiger partial charge < -0.3 is 18.9 Å². The Hall–Kier alpha value is -4.22. The second kappa shape index (κ2) is 7.65. The third kappa shape index (κ3) is 3.61. The van der Waals surface area contributed by atoms with Crippen molar-refractivity contribution in [2.24, 2.45) is 0 Å². The van der Waals surface area contributed by atoms with Crippen LogP contribution in [0.3, 0.4) is 0 Å². The van der Waals surface area contributed by atoms with Crippen LogP contribution in [0.1, 0.15) is 40.9 Å². The van der Waals surface area contributed by atoms with Gasteiger partial charge in [0.25, 0.3) is 10.1 Å². The average Bonchev–Trinajstić information content (AvgIpc) is 3.04. The minimum absolute atomic E-state index is 0.0873. The molecule has 0 bridgehead atoms. The summed E-state index contributed by atoms with van der Waals surface area (Å²) in [5, 5.41) is 0. The molecule has 2 aliphatic rings. The summed E-state index contributed by atoms with van der Waals surface area (Å²) in [5.41, 5.74) is -0.783. The van der Waals surface area contributed by atoms with E-state index in [0.717, 1.165) is 12.1 Å². The van der Waals surface area contributed by atoms with E-state index in [2.05, 4.69) is 0 Å². The number of benzene rings is 3. The van der Waals surface area contributed by atoms with Crippen LogP contribution in [0.5, 0.6) is 23.0 Å². The van der Waals surface area contributed by atoms with Crippen molar-refractivity contribution in [3.63, 3.8) is 0 Å². The molecule has 1 N–H and O–H groups in total. The first-order valence-electron chi connectivity index (χ1n) is 10.2. The molecule has 0 amide bonds. The Morgan fingerprint density at radius 1 is 0.829 bits per heavy atom. The molecule has 0 saturated carbocycles. The Kier molecular flexibility index (Phi) is 4.93. The molecular formula is C24H16O10S. The first-order valence-corrected chi connectivity index (χ1v) is 11.6. The van der Waals surface area contributed by atoms with Crippen molar-refractivity contribution in [3.05, 3.63) is 76.9 Å². The lowest BCUT2D eigenvalue weighted by Gasteiger charge is -2.36. The fourth-order valence-corrected chi connectivity index (χ4v) is 4.79. The Morgan fingerprint density at radius 2 is 1.37 bits per heavy atom. The number of rotatable bonds is 3. The van der Waals surface area contributed by atoms with Gasteiger partial charge >= 0.3 is 17.9 Å². The predicted octanol–water partition coefficient (Wildman–Crippen LogP) is 3.35. The summed E-state index contributed by atoms with van der Waals surface area (Å²) in [6.07, 6.45) is 0. The zero-order valence-electron chi connectivity index (χ0n) is 18.2. The monoisotopic (exact) mass is 496 g/mol. The van der Waals surface area contributed by atoms with Gasteiger partial charge in [-0.3, -0.25) is 14.1 Å². The number of esters is 3. The molecule has 0 aliphatic carbocycles. The number of fused-ring (bicyclic) bond motifs is 6. The van der Waals surface area contributed by atoms with E-state index in [4.69, 9.17) is 18.9 Å². The Morgan fingerprint density at radius 3 is 1.86 bits per heavy atom. The van der Waals surface area contributed by atoms with Gasteiger partial charge in [-0.2, -0.15) is 8.42 Å². The molecular weight excluding hydrogens is 480 g/mol. The standard InChI is InChI=1S/C24H16O10S/c1-12(25)31-14-3-7-18-21(9-14)33-22-10-15(32-13(2)26)4-8-19(22)24(18)20-11-16(35(28,29)30)5-6-17(20)23(27)34-24/h3-11H,1-2H3,(H,28,29,30). The van der Waals surface area contributed by atoms with Crippen molar-refractivity contribution in [2.75, 3.05) is 0 Å². The van der Waals surface area contributed by atoms with Gasteiger partial charge in [-0.25, -0.2) is 4.79 Å².